The van der Waals surface area contributed by atoms with E-state index in [-0.39, 0.29) is 0 Å². The van der Waals surface area contributed by atoms with Crippen LogP contribution in [0.1, 0.15) is 194 Å². The molecule has 0 saturated carbocycles. The van der Waals surface area contributed by atoms with Gasteiger partial charge in [0.1, 0.15) is 0 Å². The molecule has 5 heteroatoms. The molecule has 0 aliphatic heterocycles. The molecule has 0 aliphatic rings. The van der Waals surface area contributed by atoms with Crippen molar-refractivity contribution in [2.24, 2.45) is 0 Å². The Bertz CT molecular complexity index is 505. The predicted octanol–water partition coefficient (Wildman–Crippen LogP) is 12.9. The zero-order chi connectivity index (χ0) is 28.9. The molecule has 0 saturated heterocycles. The SMILES string of the molecule is CCCCCCCCCCCCCCCCP(C)(C)(CCCCCCCCCCCCCCCC)O[N+](=O)[O-]. The first-order chi connectivity index (χ1) is 18.8. The van der Waals surface area contributed by atoms with Gasteiger partial charge in [-0.3, -0.25) is 0 Å². The molecule has 0 unspecified atom stereocenters. The van der Waals surface area contributed by atoms with Crippen LogP contribution in [0.15, 0.2) is 0 Å². The van der Waals surface area contributed by atoms with Gasteiger partial charge in [0.05, 0.1) is 0 Å². The van der Waals surface area contributed by atoms with Crippen LogP contribution in [-0.4, -0.2) is 30.7 Å². The fraction of sp³-hybridized carbons (Fsp3) is 1.00. The molecule has 0 aromatic heterocycles. The molecule has 0 bridgehead atoms. The van der Waals surface area contributed by atoms with Crippen LogP contribution >= 0.6 is 6.83 Å². The Morgan fingerprint density at radius 3 is 0.846 bits per heavy atom. The van der Waals surface area contributed by atoms with Gasteiger partial charge >= 0.3 is 194 Å². The van der Waals surface area contributed by atoms with Crippen molar-refractivity contribution in [3.8, 4) is 0 Å². The minimum absolute atomic E-state index is 0.495. The monoisotopic (exact) mass is 574 g/mol. The first-order valence-electron chi connectivity index (χ1n) is 17.7. The molecule has 0 heterocycles. The van der Waals surface area contributed by atoms with E-state index < -0.39 is 11.9 Å². The molecular formula is C34H72NO3P. The van der Waals surface area contributed by atoms with E-state index >= 15 is 0 Å². The van der Waals surface area contributed by atoms with Gasteiger partial charge in [0, 0.05) is 0 Å². The van der Waals surface area contributed by atoms with Crippen LogP contribution < -0.4 is 0 Å². The average Bonchev–Trinajstić information content (AvgIpc) is 2.88. The van der Waals surface area contributed by atoms with Crippen molar-refractivity contribution >= 4 is 6.83 Å². The first-order valence-corrected chi connectivity index (χ1v) is 21.1. The maximum absolute atomic E-state index is 11.3. The van der Waals surface area contributed by atoms with Crippen LogP contribution in [0.25, 0.3) is 0 Å². The molecule has 0 spiro atoms. The second kappa shape index (κ2) is 26.5. The van der Waals surface area contributed by atoms with Crippen molar-refractivity contribution in [3.05, 3.63) is 10.1 Å². The second-order valence-electron chi connectivity index (χ2n) is 13.5. The van der Waals surface area contributed by atoms with Gasteiger partial charge in [-0.25, -0.2) is 0 Å². The predicted molar refractivity (Wildman–Crippen MR) is 177 cm³/mol. The zero-order valence-corrected chi connectivity index (χ0v) is 28.2. The van der Waals surface area contributed by atoms with Crippen molar-refractivity contribution in [2.75, 3.05) is 25.7 Å². The number of hydrogen-bond acceptors (Lipinski definition) is 3. The van der Waals surface area contributed by atoms with Gasteiger partial charge < -0.3 is 0 Å². The summed E-state index contributed by atoms with van der Waals surface area (Å²) in [5, 5.41) is 10.8. The quantitative estimate of drug-likeness (QED) is 0.0348. The second-order valence-corrected chi connectivity index (χ2v) is 19.7. The van der Waals surface area contributed by atoms with Crippen molar-refractivity contribution in [1.29, 1.82) is 0 Å². The number of nitrogens with zero attached hydrogens (tertiary/aromatic N) is 1. The molecule has 4 nitrogen and oxygen atoms in total. The molecular weight excluding hydrogens is 501 g/mol. The topological polar surface area (TPSA) is 52.4 Å². The van der Waals surface area contributed by atoms with Crippen molar-refractivity contribution < 1.29 is 9.71 Å². The molecule has 0 amide bonds. The summed E-state index contributed by atoms with van der Waals surface area (Å²) in [5.41, 5.74) is 0. The summed E-state index contributed by atoms with van der Waals surface area (Å²) in [7, 11) is 0. The van der Waals surface area contributed by atoms with E-state index in [9.17, 15) is 10.1 Å². The van der Waals surface area contributed by atoms with Crippen LogP contribution in [0.5, 0.6) is 0 Å². The van der Waals surface area contributed by atoms with Crippen LogP contribution in [0.2, 0.25) is 0 Å². The molecule has 0 aromatic rings. The van der Waals surface area contributed by atoms with Gasteiger partial charge in [0.15, 0.2) is 0 Å². The average molecular weight is 574 g/mol. The summed E-state index contributed by atoms with van der Waals surface area (Å²) < 4.78 is 5.50. The molecule has 0 N–H and O–H groups in total. The third-order valence-electron chi connectivity index (χ3n) is 8.76. The maximum atomic E-state index is 11.3. The number of rotatable bonds is 32. The Kier molecular flexibility index (Phi) is 26.3. The third kappa shape index (κ3) is 27.6. The van der Waals surface area contributed by atoms with E-state index in [2.05, 4.69) is 27.2 Å². The minimum atomic E-state index is -2.70. The molecule has 0 aromatic carbocycles. The van der Waals surface area contributed by atoms with Gasteiger partial charge in [0.2, 0.25) is 0 Å². The van der Waals surface area contributed by atoms with Gasteiger partial charge in [0.25, 0.3) is 0 Å². The first kappa shape index (κ1) is 38.6. The summed E-state index contributed by atoms with van der Waals surface area (Å²) in [4.78, 5) is 11.3. The molecule has 0 rings (SSSR count). The van der Waals surface area contributed by atoms with Crippen molar-refractivity contribution in [1.82, 2.24) is 0 Å². The van der Waals surface area contributed by atoms with Crippen LogP contribution in [0.3, 0.4) is 0 Å². The summed E-state index contributed by atoms with van der Waals surface area (Å²) in [6, 6.07) is 0. The zero-order valence-electron chi connectivity index (χ0n) is 27.3. The van der Waals surface area contributed by atoms with Gasteiger partial charge in [-0.05, 0) is 0 Å². The van der Waals surface area contributed by atoms with Crippen LogP contribution in [0.4, 0.5) is 0 Å². The molecule has 0 atom stereocenters. The van der Waals surface area contributed by atoms with E-state index in [4.69, 9.17) is 4.62 Å². The fourth-order valence-corrected chi connectivity index (χ4v) is 9.28. The molecule has 0 aliphatic carbocycles. The summed E-state index contributed by atoms with van der Waals surface area (Å²) in [6.07, 6.45) is 39.4. The van der Waals surface area contributed by atoms with Gasteiger partial charge in [-0.1, -0.05) is 52.4 Å². The molecule has 236 valence electrons. The van der Waals surface area contributed by atoms with E-state index in [0.29, 0.717) is 0 Å². The fourth-order valence-electron chi connectivity index (χ4n) is 6.02. The standard InChI is InChI=1S/C34H72NO3P/c1-5-7-9-11-13-15-17-19-21-23-25-27-29-31-33-39(3,4,38-35(36)37)34-32-30-28-26-24-22-20-18-16-14-12-10-8-6-2/h5-34H2,1-4H3. The number of unbranched alkanes of at least 4 members (excludes halogenated alkanes) is 26. The molecule has 0 fully saturated rings. The van der Waals surface area contributed by atoms with E-state index in [0.717, 1.165) is 25.2 Å². The Morgan fingerprint density at radius 2 is 0.641 bits per heavy atom. The Balaban J connectivity index is 3.81. The van der Waals surface area contributed by atoms with Gasteiger partial charge in [-0.2, -0.15) is 0 Å². The van der Waals surface area contributed by atoms with E-state index in [1.54, 1.807) is 0 Å². The van der Waals surface area contributed by atoms with E-state index in [1.807, 2.05) is 0 Å². The summed E-state index contributed by atoms with van der Waals surface area (Å²) in [5.74, 6) is 0. The number of hydrogen-bond donors (Lipinski definition) is 0. The Hall–Kier alpha value is -0.370. The van der Waals surface area contributed by atoms with Crippen LogP contribution in [-0.2, 0) is 4.62 Å². The normalized spacial score (nSPS) is 12.9. The van der Waals surface area contributed by atoms with E-state index in [1.165, 1.54) is 167 Å². The summed E-state index contributed by atoms with van der Waals surface area (Å²) >= 11 is 0. The Morgan fingerprint density at radius 1 is 0.436 bits per heavy atom. The molecule has 39 heavy (non-hydrogen) atoms. The van der Waals surface area contributed by atoms with Crippen LogP contribution in [0, 0.1) is 10.1 Å². The third-order valence-corrected chi connectivity index (χ3v) is 12.9. The molecule has 0 radical (unpaired) electrons. The Labute approximate surface area is 245 Å². The van der Waals surface area contributed by atoms with Gasteiger partial charge in [-0.15, -0.1) is 0 Å². The van der Waals surface area contributed by atoms with Crippen molar-refractivity contribution in [3.63, 3.8) is 0 Å². The van der Waals surface area contributed by atoms with Crippen molar-refractivity contribution in [2.45, 2.75) is 194 Å². The summed E-state index contributed by atoms with van der Waals surface area (Å²) in [6.45, 7) is 6.08.